The first kappa shape index (κ1) is 53.5. The molecule has 0 fully saturated rings. The molecule has 0 aliphatic carbocycles. The summed E-state index contributed by atoms with van der Waals surface area (Å²) < 4.78 is 386. The summed E-state index contributed by atoms with van der Waals surface area (Å²) in [5.74, 6) is -71.4. The Kier molecular flexibility index (Phi) is 11.5. The van der Waals surface area contributed by atoms with Crippen molar-refractivity contribution < 1.29 is 126 Å². The van der Waals surface area contributed by atoms with Gasteiger partial charge in [0.25, 0.3) is 0 Å². The number of nitrogens with zero attached hydrogens (tertiary/aromatic N) is 8. The third-order valence-electron chi connectivity index (χ3n) is 13.1. The Morgan fingerprint density at radius 1 is 0.183 bits per heavy atom. The van der Waals surface area contributed by atoms with Crippen molar-refractivity contribution in [2.75, 3.05) is 0 Å². The molecule has 0 saturated heterocycles. The predicted molar refractivity (Wildman–Crippen MR) is 224 cm³/mol. The van der Waals surface area contributed by atoms with Gasteiger partial charge in [0, 0.05) is 44.1 Å². The Bertz CT molecular complexity index is 4550. The molecule has 8 aromatic carbocycles. The van der Waals surface area contributed by atoms with Gasteiger partial charge in [-0.05, 0) is 0 Å². The van der Waals surface area contributed by atoms with E-state index in [1.54, 1.807) is 0 Å². The van der Waals surface area contributed by atoms with Crippen LogP contribution in [0.5, 0.6) is 0 Å². The van der Waals surface area contributed by atoms with E-state index < -0.39 is 272 Å². The second-order valence-electron chi connectivity index (χ2n) is 17.0. The van der Waals surface area contributed by atoms with E-state index >= 15 is 70.2 Å². The van der Waals surface area contributed by atoms with Crippen molar-refractivity contribution in [1.29, 1.82) is 0 Å². The number of fused-ring (bicyclic) bond motifs is 24. The molecule has 5 heterocycles. The van der Waals surface area contributed by atoms with E-state index in [1.165, 1.54) is 0 Å². The van der Waals surface area contributed by atoms with Crippen LogP contribution in [0.15, 0.2) is 0 Å². The van der Waals surface area contributed by atoms with Crippen molar-refractivity contribution >= 4 is 87.2 Å². The minimum absolute atomic E-state index is 1.06. The van der Waals surface area contributed by atoms with E-state index in [0.717, 1.165) is 17.4 Å². The van der Waals surface area contributed by atoms with Gasteiger partial charge in [-0.1, -0.05) is 0 Å². The average Bonchev–Trinajstić information content (AvgIpc) is 2.56. The van der Waals surface area contributed by atoms with E-state index in [1.807, 2.05) is 0 Å². The van der Waals surface area contributed by atoms with Crippen molar-refractivity contribution in [1.82, 2.24) is 39.9 Å². The third kappa shape index (κ3) is 6.49. The third-order valence-corrected chi connectivity index (χ3v) is 13.1. The van der Waals surface area contributed by atoms with Crippen molar-refractivity contribution in [3.8, 4) is 45.6 Å². The zero-order valence-corrected chi connectivity index (χ0v) is 38.9. The number of halogens is 24. The maximum absolute atomic E-state index is 17.0. The van der Waals surface area contributed by atoms with Gasteiger partial charge >= 0.3 is 21.0 Å². The molecule has 0 atom stereocenters. The van der Waals surface area contributed by atoms with Crippen molar-refractivity contribution in [2.24, 2.45) is 0 Å². The van der Waals surface area contributed by atoms with Gasteiger partial charge in [0.05, 0.1) is 88.6 Å². The van der Waals surface area contributed by atoms with Crippen LogP contribution in [0.2, 0.25) is 0 Å². The fourth-order valence-electron chi connectivity index (χ4n) is 9.63. The fraction of sp³-hybridized carbons (Fsp3) is 0. The number of benzene rings is 8. The van der Waals surface area contributed by atoms with E-state index in [0.29, 0.717) is 0 Å². The molecule has 0 spiro atoms. The molecule has 0 radical (unpaired) electrons. The summed E-state index contributed by atoms with van der Waals surface area (Å²) in [6.07, 6.45) is 0. The van der Waals surface area contributed by atoms with Crippen molar-refractivity contribution in [2.45, 2.75) is 0 Å². The molecule has 34 heteroatoms. The first-order valence-corrected chi connectivity index (χ1v) is 21.9. The molecule has 2 aliphatic rings. The second-order valence-corrected chi connectivity index (χ2v) is 17.0. The van der Waals surface area contributed by atoms with Crippen LogP contribution in [0.4, 0.5) is 105 Å². The molecule has 0 saturated carbocycles. The molecule has 0 amide bonds. The summed E-state index contributed by atoms with van der Waals surface area (Å²) in [7, 11) is 0. The molecule has 0 N–H and O–H groups in total. The van der Waals surface area contributed by atoms with E-state index in [9.17, 15) is 35.1 Å². The summed E-state index contributed by atoms with van der Waals surface area (Å²) in [4.78, 5) is 28.7. The quantitative estimate of drug-likeness (QED) is 0.0829. The van der Waals surface area contributed by atoms with Gasteiger partial charge in [-0.25, -0.2) is 115 Å². The van der Waals surface area contributed by atoms with Gasteiger partial charge in [-0.2, -0.15) is 0 Å². The summed E-state index contributed by atoms with van der Waals surface area (Å²) in [5.41, 5.74) is -14.2. The van der Waals surface area contributed by atoms with Gasteiger partial charge in [0.1, 0.15) is 46.5 Å². The molecule has 9 nitrogen and oxygen atoms in total. The summed E-state index contributed by atoms with van der Waals surface area (Å²) >= 11 is 1.06. The fourth-order valence-corrected chi connectivity index (χ4v) is 9.63. The molecule has 11 aromatic rings. The molecule has 8 bridgehead atoms. The Morgan fingerprint density at radius 2 is 0.329 bits per heavy atom. The molecule has 3 aromatic heterocycles. The van der Waals surface area contributed by atoms with Crippen LogP contribution in [0, 0.1) is 140 Å². The first-order chi connectivity index (χ1) is 38.7. The topological polar surface area (TPSA) is 123 Å². The predicted octanol–water partition coefficient (Wildman–Crippen LogP) is 14.0. The molecular weight excluding hydrogens is 1210 g/mol. The number of aromatic nitrogens is 8. The molecule has 2 aliphatic heterocycles. The Labute approximate surface area is 437 Å². The second kappa shape index (κ2) is 17.7. The van der Waals surface area contributed by atoms with Crippen LogP contribution in [-0.2, 0) is 21.0 Å². The maximum atomic E-state index is 17.0. The standard InChI is InChI=1S/C48F24N8.O.V/c49-17-1-2(26(58)34(66)33(65)25(1)57)18(50)10-9(17)41-73-42(10)78-44-13-14(22(54)6-5(21(13)53)29(61)37(69)38(70)30(6)62)46(75-44)80-48-16-15(23(55)7-8(24(16)56)32(64)40(72)39(71)31(7)63)47(76-48)79-45-12-11(43(74-45)77-41)19(51)3-4(20(12)52)28(60)36(68)35(67)27(3)59;;/q-2;;+2. The summed E-state index contributed by atoms with van der Waals surface area (Å²) in [6, 6.07) is 0. The first-order valence-electron chi connectivity index (χ1n) is 21.3. The molecule has 411 valence electrons. The van der Waals surface area contributed by atoms with E-state index in [2.05, 4.69) is 39.9 Å². The van der Waals surface area contributed by atoms with E-state index in [-0.39, 0.29) is 0 Å². The number of rotatable bonds is 0. The van der Waals surface area contributed by atoms with Gasteiger partial charge in [0.2, 0.25) is 0 Å². The normalized spacial score (nSPS) is 12.3. The number of hydrogen-bond donors (Lipinski definition) is 0. The number of hydrogen-bond acceptors (Lipinski definition) is 7. The molecule has 13 rings (SSSR count). The molecular formula is C48F24N8OV. The molecule has 82 heavy (non-hydrogen) atoms. The van der Waals surface area contributed by atoms with Crippen LogP contribution < -0.4 is 9.97 Å². The van der Waals surface area contributed by atoms with E-state index in [4.69, 9.17) is 3.67 Å². The minimum atomic E-state index is -2.84. The van der Waals surface area contributed by atoms with Gasteiger partial charge < -0.3 is 29.9 Å². The monoisotopic (exact) mass is 1210 g/mol. The zero-order valence-electron chi connectivity index (χ0n) is 37.5. The van der Waals surface area contributed by atoms with Crippen LogP contribution in [0.3, 0.4) is 0 Å². The Morgan fingerprint density at radius 3 is 0.488 bits per heavy atom. The zero-order chi connectivity index (χ0) is 59.4. The van der Waals surface area contributed by atoms with Crippen molar-refractivity contribution in [3.05, 3.63) is 140 Å². The van der Waals surface area contributed by atoms with Crippen LogP contribution in [0.25, 0.3) is 133 Å². The summed E-state index contributed by atoms with van der Waals surface area (Å²) in [5, 5.41) is -24.6. The average molecular weight is 1210 g/mol. The van der Waals surface area contributed by atoms with Crippen LogP contribution in [-0.4, -0.2) is 29.9 Å². The van der Waals surface area contributed by atoms with Crippen LogP contribution in [0.1, 0.15) is 0 Å². The Balaban J connectivity index is 0.00000329. The summed E-state index contributed by atoms with van der Waals surface area (Å²) in [6.45, 7) is 0. The molecule has 0 unspecified atom stereocenters. The Hall–Kier alpha value is -9.14. The SMILES string of the molecule is Fc1c(F)c(F)c2c(F)c3c(c(F)c2c1F)-c1nc-3nc2[n-]c(nc3nc(nc4[n-]c(n1)c1c(F)c5c(F)c(F)c(F)c(F)c5c(F)c41)-c1c-3c(F)c3c(F)c(F)c(F)c(F)c3c1F)c1c(F)c3c(F)c(F)c(F)c(F)c3c(F)c21.[O]=[V+2]. The van der Waals surface area contributed by atoms with Crippen LogP contribution >= 0.6 is 0 Å². The van der Waals surface area contributed by atoms with Gasteiger partial charge in [0.15, 0.2) is 93.1 Å². The van der Waals surface area contributed by atoms with Gasteiger partial charge in [-0.15, -0.1) is 0 Å². The van der Waals surface area contributed by atoms with Crippen molar-refractivity contribution in [3.63, 3.8) is 0 Å². The van der Waals surface area contributed by atoms with Gasteiger partial charge in [-0.3, -0.25) is 0 Å².